The van der Waals surface area contributed by atoms with Crippen molar-refractivity contribution < 1.29 is 14.3 Å². The number of nitrogens with one attached hydrogen (secondary N) is 1. The second kappa shape index (κ2) is 8.68. The fourth-order valence-corrected chi connectivity index (χ4v) is 3.45. The number of amides is 1. The lowest BCUT2D eigenvalue weighted by atomic mass is 9.97. The van der Waals surface area contributed by atoms with Crippen LogP contribution in [0.1, 0.15) is 23.2 Å². The smallest absolute Gasteiger partial charge is 0.339 e. The Morgan fingerprint density at radius 1 is 1.13 bits per heavy atom. The van der Waals surface area contributed by atoms with E-state index in [2.05, 4.69) is 25.6 Å². The molecule has 1 atom stereocenters. The molecule has 3 heterocycles. The molecule has 0 bridgehead atoms. The van der Waals surface area contributed by atoms with Gasteiger partial charge in [-0.1, -0.05) is 12.1 Å². The number of ether oxygens (including phenoxy) is 1. The van der Waals surface area contributed by atoms with Crippen LogP contribution in [0, 0.1) is 5.92 Å². The highest BCUT2D eigenvalue weighted by atomic mass is 16.5. The van der Waals surface area contributed by atoms with Crippen LogP contribution in [0.4, 0.5) is 11.5 Å². The lowest BCUT2D eigenvalue weighted by Crippen LogP contribution is -2.41. The van der Waals surface area contributed by atoms with Crippen molar-refractivity contribution in [1.82, 2.24) is 25.0 Å². The summed E-state index contributed by atoms with van der Waals surface area (Å²) in [5, 5.41) is 15.4. The molecule has 154 valence electrons. The van der Waals surface area contributed by atoms with Gasteiger partial charge in [-0.3, -0.25) is 4.79 Å². The number of piperidine rings is 1. The summed E-state index contributed by atoms with van der Waals surface area (Å²) in [7, 11) is 1.31. The molecule has 1 saturated heterocycles. The lowest BCUT2D eigenvalue weighted by Gasteiger charge is -2.32. The molecular formula is C20H21N7O3. The van der Waals surface area contributed by atoms with Crippen molar-refractivity contribution >= 4 is 23.4 Å². The predicted octanol–water partition coefficient (Wildman–Crippen LogP) is 1.70. The Labute approximate surface area is 172 Å². The molecule has 4 rings (SSSR count). The second-order valence-corrected chi connectivity index (χ2v) is 6.90. The van der Waals surface area contributed by atoms with Crippen LogP contribution >= 0.6 is 0 Å². The minimum absolute atomic E-state index is 0.136. The van der Waals surface area contributed by atoms with Gasteiger partial charge in [0.2, 0.25) is 5.91 Å². The molecule has 1 aromatic carbocycles. The van der Waals surface area contributed by atoms with E-state index < -0.39 is 5.97 Å². The van der Waals surface area contributed by atoms with Crippen LogP contribution in [-0.4, -0.2) is 57.0 Å². The average Bonchev–Trinajstić information content (AvgIpc) is 3.34. The number of rotatable bonds is 5. The first-order chi connectivity index (χ1) is 14.7. The summed E-state index contributed by atoms with van der Waals surface area (Å²) in [5.41, 5.74) is 0.777. The molecule has 10 nitrogen and oxygen atoms in total. The summed E-state index contributed by atoms with van der Waals surface area (Å²) in [4.78, 5) is 30.7. The molecule has 0 aliphatic carbocycles. The molecule has 2 aromatic heterocycles. The van der Waals surface area contributed by atoms with E-state index in [1.54, 1.807) is 30.6 Å². The molecule has 0 radical (unpaired) electrons. The van der Waals surface area contributed by atoms with Crippen molar-refractivity contribution in [3.63, 3.8) is 0 Å². The number of nitrogens with zero attached hydrogens (tertiary/aromatic N) is 6. The van der Waals surface area contributed by atoms with Gasteiger partial charge >= 0.3 is 5.97 Å². The zero-order valence-corrected chi connectivity index (χ0v) is 16.4. The van der Waals surface area contributed by atoms with Gasteiger partial charge in [-0.25, -0.2) is 14.5 Å². The first-order valence-electron chi connectivity index (χ1n) is 9.57. The number of anilines is 2. The van der Waals surface area contributed by atoms with E-state index in [0.29, 0.717) is 29.4 Å². The second-order valence-electron chi connectivity index (χ2n) is 6.90. The summed E-state index contributed by atoms with van der Waals surface area (Å²) >= 11 is 0. The first-order valence-corrected chi connectivity index (χ1v) is 9.57. The average molecular weight is 407 g/mol. The molecule has 0 spiro atoms. The molecule has 1 amide bonds. The summed E-state index contributed by atoms with van der Waals surface area (Å²) in [6.45, 7) is 1.31. The van der Waals surface area contributed by atoms with Gasteiger partial charge in [0, 0.05) is 13.1 Å². The topological polar surface area (TPSA) is 115 Å². The monoisotopic (exact) mass is 407 g/mol. The predicted molar refractivity (Wildman–Crippen MR) is 108 cm³/mol. The highest BCUT2D eigenvalue weighted by Gasteiger charge is 2.27. The Hall–Kier alpha value is -3.82. The number of para-hydroxylation sites is 1. The van der Waals surface area contributed by atoms with Crippen LogP contribution in [0.5, 0.6) is 0 Å². The van der Waals surface area contributed by atoms with Gasteiger partial charge in [0.25, 0.3) is 0 Å². The van der Waals surface area contributed by atoms with Crippen molar-refractivity contribution in [3.8, 4) is 5.82 Å². The van der Waals surface area contributed by atoms with E-state index in [1.807, 2.05) is 17.0 Å². The number of aromatic nitrogens is 5. The van der Waals surface area contributed by atoms with Gasteiger partial charge in [0.15, 0.2) is 11.6 Å². The van der Waals surface area contributed by atoms with Gasteiger partial charge in [0.1, 0.15) is 12.7 Å². The maximum Gasteiger partial charge on any atom is 0.339 e. The van der Waals surface area contributed by atoms with Crippen LogP contribution in [0.15, 0.2) is 49.1 Å². The Morgan fingerprint density at radius 2 is 1.93 bits per heavy atom. The third-order valence-electron chi connectivity index (χ3n) is 5.00. The number of hydrogen-bond donors (Lipinski definition) is 1. The maximum absolute atomic E-state index is 12.9. The van der Waals surface area contributed by atoms with Crippen molar-refractivity contribution in [2.45, 2.75) is 12.8 Å². The summed E-state index contributed by atoms with van der Waals surface area (Å²) in [6.07, 6.45) is 4.59. The molecule has 30 heavy (non-hydrogen) atoms. The molecule has 0 saturated carbocycles. The largest absolute Gasteiger partial charge is 0.465 e. The van der Waals surface area contributed by atoms with Gasteiger partial charge in [-0.2, -0.15) is 5.10 Å². The molecule has 1 aliphatic heterocycles. The fraction of sp³-hybridized carbons (Fsp3) is 0.300. The lowest BCUT2D eigenvalue weighted by molar-refractivity contribution is -0.120. The number of carbonyl (C=O) groups excluding carboxylic acids is 2. The van der Waals surface area contributed by atoms with E-state index in [1.165, 1.54) is 18.1 Å². The maximum atomic E-state index is 12.9. The number of carbonyl (C=O) groups is 2. The Morgan fingerprint density at radius 3 is 2.67 bits per heavy atom. The van der Waals surface area contributed by atoms with Gasteiger partial charge in [0.05, 0.1) is 24.3 Å². The van der Waals surface area contributed by atoms with Crippen LogP contribution in [-0.2, 0) is 9.53 Å². The van der Waals surface area contributed by atoms with Crippen LogP contribution < -0.4 is 10.2 Å². The quantitative estimate of drug-likeness (QED) is 0.636. The molecule has 0 unspecified atom stereocenters. The third kappa shape index (κ3) is 4.12. The minimum atomic E-state index is -0.487. The van der Waals surface area contributed by atoms with E-state index in [4.69, 9.17) is 4.74 Å². The molecule has 1 N–H and O–H groups in total. The van der Waals surface area contributed by atoms with Crippen LogP contribution in [0.25, 0.3) is 5.82 Å². The summed E-state index contributed by atoms with van der Waals surface area (Å²) < 4.78 is 6.32. The van der Waals surface area contributed by atoms with E-state index in [-0.39, 0.29) is 11.8 Å². The minimum Gasteiger partial charge on any atom is -0.465 e. The van der Waals surface area contributed by atoms with Crippen molar-refractivity contribution in [2.75, 3.05) is 30.4 Å². The van der Waals surface area contributed by atoms with Gasteiger partial charge in [-0.05, 0) is 37.1 Å². The highest BCUT2D eigenvalue weighted by molar-refractivity contribution is 6.02. The van der Waals surface area contributed by atoms with Gasteiger partial charge in [-0.15, -0.1) is 10.2 Å². The highest BCUT2D eigenvalue weighted by Crippen LogP contribution is 2.24. The van der Waals surface area contributed by atoms with E-state index in [9.17, 15) is 9.59 Å². The zero-order chi connectivity index (χ0) is 20.9. The van der Waals surface area contributed by atoms with E-state index >= 15 is 0 Å². The molecule has 1 aliphatic rings. The SMILES string of the molecule is COC(=O)c1ccccc1NC(=O)[C@@H]1CCCN(c2ccc(-n3cncn3)nn2)C1. The Kier molecular flexibility index (Phi) is 5.64. The third-order valence-corrected chi connectivity index (χ3v) is 5.00. The number of benzene rings is 1. The molecule has 3 aromatic rings. The summed E-state index contributed by atoms with van der Waals surface area (Å²) in [6, 6.07) is 10.5. The van der Waals surface area contributed by atoms with Crippen molar-refractivity contribution in [3.05, 3.63) is 54.6 Å². The number of methoxy groups -OCH3 is 1. The molecule has 1 fully saturated rings. The van der Waals surface area contributed by atoms with E-state index in [0.717, 1.165) is 19.4 Å². The molecule has 10 heteroatoms. The standard InChI is InChI=1S/C20H21N7O3/c1-30-20(29)15-6-2-3-7-16(15)23-19(28)14-5-4-10-26(11-14)17-8-9-18(25-24-17)27-13-21-12-22-27/h2-3,6-9,12-14H,4-5,10-11H2,1H3,(H,23,28)/t14-/m1/s1. The zero-order valence-electron chi connectivity index (χ0n) is 16.4. The summed E-state index contributed by atoms with van der Waals surface area (Å²) in [5.74, 6) is 0.414. The van der Waals surface area contributed by atoms with Crippen LogP contribution in [0.2, 0.25) is 0 Å². The first kappa shape index (κ1) is 19.5. The van der Waals surface area contributed by atoms with Crippen molar-refractivity contribution in [1.29, 1.82) is 0 Å². The molecular weight excluding hydrogens is 386 g/mol. The normalized spacial score (nSPS) is 16.2. The Balaban J connectivity index is 1.44. The van der Waals surface area contributed by atoms with Gasteiger partial charge < -0.3 is 15.0 Å². The van der Waals surface area contributed by atoms with Crippen LogP contribution in [0.3, 0.4) is 0 Å². The number of hydrogen-bond acceptors (Lipinski definition) is 8. The van der Waals surface area contributed by atoms with Crippen molar-refractivity contribution in [2.24, 2.45) is 5.92 Å². The Bertz CT molecular complexity index is 1020. The fourth-order valence-electron chi connectivity index (χ4n) is 3.45. The number of esters is 1.